The Labute approximate surface area is 143 Å². The largest absolute Gasteiger partial charge is 0.506 e. The third kappa shape index (κ3) is 4.11. The standard InChI is InChI=1S/C16H15FN4O2S/c1-18-16(24)21-11-4-2-10(3-5-11)15(23)14(13(22)8-17)12-6-7-19-9-20-12/h2-7,9,23H,8H2,1H3,(H2,18,21,24)/b15-14+. The van der Waals surface area contributed by atoms with E-state index in [2.05, 4.69) is 20.6 Å². The van der Waals surface area contributed by atoms with Crippen molar-refractivity contribution in [2.24, 2.45) is 0 Å². The molecule has 0 amide bonds. The fourth-order valence-corrected chi connectivity index (χ4v) is 2.07. The number of allylic oxidation sites excluding steroid dienone is 1. The molecule has 3 N–H and O–H groups in total. The van der Waals surface area contributed by atoms with Crippen LogP contribution < -0.4 is 10.6 Å². The molecule has 1 aromatic carbocycles. The first kappa shape index (κ1) is 17.5. The highest BCUT2D eigenvalue weighted by atomic mass is 32.1. The predicted molar refractivity (Wildman–Crippen MR) is 94.2 cm³/mol. The normalized spacial score (nSPS) is 11.4. The molecule has 2 rings (SSSR count). The highest BCUT2D eigenvalue weighted by Gasteiger charge is 2.19. The van der Waals surface area contributed by atoms with Crippen molar-refractivity contribution >= 4 is 40.1 Å². The molecule has 0 spiro atoms. The van der Waals surface area contributed by atoms with Crippen molar-refractivity contribution in [2.45, 2.75) is 0 Å². The maximum absolute atomic E-state index is 12.9. The number of alkyl halides is 1. The van der Waals surface area contributed by atoms with Gasteiger partial charge in [0.2, 0.25) is 0 Å². The number of aliphatic hydroxyl groups is 1. The number of carbonyl (C=O) groups is 1. The Kier molecular flexibility index (Phi) is 5.91. The van der Waals surface area contributed by atoms with Crippen LogP contribution in [0.2, 0.25) is 0 Å². The smallest absolute Gasteiger partial charge is 0.199 e. The van der Waals surface area contributed by atoms with E-state index < -0.39 is 12.5 Å². The number of nitrogens with one attached hydrogen (secondary N) is 2. The molecule has 1 aromatic heterocycles. The minimum absolute atomic E-state index is 0.156. The molecule has 6 nitrogen and oxygen atoms in total. The summed E-state index contributed by atoms with van der Waals surface area (Å²) in [5.74, 6) is -1.20. The maximum atomic E-state index is 12.9. The third-order valence-electron chi connectivity index (χ3n) is 3.12. The lowest BCUT2D eigenvalue weighted by atomic mass is 10.0. The van der Waals surface area contributed by atoms with Crippen LogP contribution >= 0.6 is 12.2 Å². The summed E-state index contributed by atoms with van der Waals surface area (Å²) in [6, 6.07) is 7.95. The van der Waals surface area contributed by atoms with Crippen LogP contribution in [-0.4, -0.2) is 39.7 Å². The third-order valence-corrected chi connectivity index (χ3v) is 3.42. The molecular weight excluding hydrogens is 331 g/mol. The number of benzene rings is 1. The first-order valence-electron chi connectivity index (χ1n) is 6.94. The van der Waals surface area contributed by atoms with Gasteiger partial charge < -0.3 is 15.7 Å². The minimum Gasteiger partial charge on any atom is -0.506 e. The Balaban J connectivity index is 2.41. The highest BCUT2D eigenvalue weighted by Crippen LogP contribution is 2.25. The van der Waals surface area contributed by atoms with Crippen molar-refractivity contribution in [3.05, 3.63) is 54.1 Å². The summed E-state index contributed by atoms with van der Waals surface area (Å²) in [7, 11) is 1.69. The van der Waals surface area contributed by atoms with Gasteiger partial charge in [-0.3, -0.25) is 4.79 Å². The topological polar surface area (TPSA) is 87.1 Å². The number of ketones is 1. The molecule has 0 unspecified atom stereocenters. The zero-order chi connectivity index (χ0) is 17.5. The molecule has 0 bridgehead atoms. The van der Waals surface area contributed by atoms with Crippen molar-refractivity contribution in [1.82, 2.24) is 15.3 Å². The lowest BCUT2D eigenvalue weighted by Gasteiger charge is -2.10. The number of hydrogen-bond donors (Lipinski definition) is 3. The number of thiocarbonyl (C=S) groups is 1. The molecule has 0 atom stereocenters. The summed E-state index contributed by atoms with van der Waals surface area (Å²) in [5.41, 5.74) is 1.02. The van der Waals surface area contributed by atoms with Crippen LogP contribution in [0.25, 0.3) is 11.3 Å². The fraction of sp³-hybridized carbons (Fsp3) is 0.125. The number of carbonyl (C=O) groups excluding carboxylic acids is 1. The number of nitrogens with zero attached hydrogens (tertiary/aromatic N) is 2. The van der Waals surface area contributed by atoms with Gasteiger partial charge in [-0.1, -0.05) is 0 Å². The molecule has 24 heavy (non-hydrogen) atoms. The van der Waals surface area contributed by atoms with Crippen LogP contribution in [-0.2, 0) is 4.79 Å². The zero-order valence-corrected chi connectivity index (χ0v) is 13.6. The summed E-state index contributed by atoms with van der Waals surface area (Å²) in [4.78, 5) is 19.5. The maximum Gasteiger partial charge on any atom is 0.199 e. The number of Topliss-reactive ketones (excluding diaryl/α,β-unsaturated/α-hetero) is 1. The van der Waals surface area contributed by atoms with Crippen molar-refractivity contribution < 1.29 is 14.3 Å². The predicted octanol–water partition coefficient (Wildman–Crippen LogP) is 2.36. The van der Waals surface area contributed by atoms with E-state index in [9.17, 15) is 14.3 Å². The Morgan fingerprint density at radius 2 is 2.00 bits per heavy atom. The van der Waals surface area contributed by atoms with Crippen LogP contribution in [0.1, 0.15) is 11.3 Å². The lowest BCUT2D eigenvalue weighted by molar-refractivity contribution is -0.114. The van der Waals surface area contributed by atoms with Crippen molar-refractivity contribution in [1.29, 1.82) is 0 Å². The molecule has 0 radical (unpaired) electrons. The monoisotopic (exact) mass is 346 g/mol. The van der Waals surface area contributed by atoms with Crippen LogP contribution in [0.15, 0.2) is 42.9 Å². The van der Waals surface area contributed by atoms with Gasteiger partial charge in [0, 0.05) is 24.5 Å². The van der Waals surface area contributed by atoms with E-state index in [0.29, 0.717) is 16.4 Å². The molecule has 0 saturated carbocycles. The van der Waals surface area contributed by atoms with Gasteiger partial charge in [-0.15, -0.1) is 0 Å². The molecule has 0 fully saturated rings. The SMILES string of the molecule is CNC(=S)Nc1ccc(/C(O)=C(\C(=O)CF)c2ccncn2)cc1. The molecule has 0 aliphatic carbocycles. The number of aliphatic hydroxyl groups excluding tert-OH is 1. The molecule has 0 saturated heterocycles. The zero-order valence-electron chi connectivity index (χ0n) is 12.8. The first-order chi connectivity index (χ1) is 11.6. The molecule has 1 heterocycles. The number of hydrogen-bond acceptors (Lipinski definition) is 5. The molecule has 2 aromatic rings. The number of aromatic nitrogens is 2. The molecule has 0 aliphatic rings. The summed E-state index contributed by atoms with van der Waals surface area (Å²) in [6.07, 6.45) is 2.63. The van der Waals surface area contributed by atoms with Gasteiger partial charge in [-0.05, 0) is 42.5 Å². The van der Waals surface area contributed by atoms with Gasteiger partial charge in [0.25, 0.3) is 0 Å². The van der Waals surface area contributed by atoms with Gasteiger partial charge in [0.1, 0.15) is 12.1 Å². The van der Waals surface area contributed by atoms with Gasteiger partial charge in [-0.25, -0.2) is 14.4 Å². The summed E-state index contributed by atoms with van der Waals surface area (Å²) in [6.45, 7) is -1.24. The second kappa shape index (κ2) is 8.11. The summed E-state index contributed by atoms with van der Waals surface area (Å²) >= 11 is 5.00. The van der Waals surface area contributed by atoms with Gasteiger partial charge in [0.05, 0.1) is 11.3 Å². The van der Waals surface area contributed by atoms with Gasteiger partial charge in [0.15, 0.2) is 17.6 Å². The number of rotatable bonds is 5. The van der Waals surface area contributed by atoms with E-state index in [1.165, 1.54) is 18.6 Å². The summed E-state index contributed by atoms with van der Waals surface area (Å²) < 4.78 is 12.9. The highest BCUT2D eigenvalue weighted by molar-refractivity contribution is 7.80. The van der Waals surface area contributed by atoms with Crippen LogP contribution in [0.4, 0.5) is 10.1 Å². The number of anilines is 1. The van der Waals surface area contributed by atoms with E-state index in [1.807, 2.05) is 0 Å². The van der Waals surface area contributed by atoms with E-state index in [-0.39, 0.29) is 17.0 Å². The quantitative estimate of drug-likeness (QED) is 0.435. The van der Waals surface area contributed by atoms with Crippen LogP contribution in [0.5, 0.6) is 0 Å². The second-order valence-electron chi connectivity index (χ2n) is 4.66. The Hall–Kier alpha value is -2.87. The van der Waals surface area contributed by atoms with E-state index in [1.54, 1.807) is 31.3 Å². The number of halogens is 1. The van der Waals surface area contributed by atoms with Crippen molar-refractivity contribution in [3.8, 4) is 0 Å². The summed E-state index contributed by atoms with van der Waals surface area (Å²) in [5, 5.41) is 16.6. The van der Waals surface area contributed by atoms with E-state index in [0.717, 1.165) is 0 Å². The Morgan fingerprint density at radius 1 is 1.29 bits per heavy atom. The lowest BCUT2D eigenvalue weighted by Crippen LogP contribution is -2.24. The van der Waals surface area contributed by atoms with Crippen molar-refractivity contribution in [3.63, 3.8) is 0 Å². The molecule has 8 heteroatoms. The van der Waals surface area contributed by atoms with E-state index >= 15 is 0 Å². The Bertz CT molecular complexity index is 763. The molecular formula is C16H15FN4O2S. The average Bonchev–Trinajstić information content (AvgIpc) is 2.63. The Morgan fingerprint density at radius 3 is 2.54 bits per heavy atom. The average molecular weight is 346 g/mol. The minimum atomic E-state index is -1.24. The first-order valence-corrected chi connectivity index (χ1v) is 7.35. The van der Waals surface area contributed by atoms with Gasteiger partial charge >= 0.3 is 0 Å². The van der Waals surface area contributed by atoms with E-state index in [4.69, 9.17) is 12.2 Å². The molecule has 0 aliphatic heterocycles. The van der Waals surface area contributed by atoms with Crippen molar-refractivity contribution in [2.75, 3.05) is 19.0 Å². The van der Waals surface area contributed by atoms with Gasteiger partial charge in [-0.2, -0.15) is 0 Å². The van der Waals surface area contributed by atoms with Crippen LogP contribution in [0.3, 0.4) is 0 Å². The molecule has 124 valence electrons. The van der Waals surface area contributed by atoms with Crippen LogP contribution in [0, 0.1) is 0 Å². The second-order valence-corrected chi connectivity index (χ2v) is 5.06. The fourth-order valence-electron chi connectivity index (χ4n) is 1.95.